The maximum atomic E-state index is 13.4. The Morgan fingerprint density at radius 1 is 1.52 bits per heavy atom. The molecule has 2 atom stereocenters. The molecule has 1 heterocycles. The summed E-state index contributed by atoms with van der Waals surface area (Å²) >= 11 is 0. The molecule has 1 fully saturated rings. The lowest BCUT2D eigenvalue weighted by atomic mass is 9.81. The number of benzene rings is 1. The molecule has 21 heavy (non-hydrogen) atoms. The van der Waals surface area contributed by atoms with E-state index in [0.29, 0.717) is 6.54 Å². The van der Waals surface area contributed by atoms with Gasteiger partial charge < -0.3 is 15.4 Å². The van der Waals surface area contributed by atoms with Crippen molar-refractivity contribution in [1.29, 1.82) is 0 Å². The minimum absolute atomic E-state index is 0.0329. The third kappa shape index (κ3) is 3.53. The van der Waals surface area contributed by atoms with Gasteiger partial charge in [0.2, 0.25) is 5.91 Å². The zero-order valence-corrected chi connectivity index (χ0v) is 12.8. The standard InChI is InChI=1S/C16H23FN2O2/c1-11(12-5-6-13(17)14(9-12)21-3)19-15(20)16(2)7-4-8-18-10-16/h5-6,9,11,18H,4,7-8,10H2,1-3H3,(H,19,20)/t11-,16+/m1/s1. The van der Waals surface area contributed by atoms with Crippen molar-refractivity contribution in [2.75, 3.05) is 20.2 Å². The molecular formula is C16H23FN2O2. The monoisotopic (exact) mass is 294 g/mol. The lowest BCUT2D eigenvalue weighted by molar-refractivity contribution is -0.131. The predicted molar refractivity (Wildman–Crippen MR) is 79.7 cm³/mol. The number of ether oxygens (including phenoxy) is 1. The van der Waals surface area contributed by atoms with Gasteiger partial charge in [-0.1, -0.05) is 6.07 Å². The van der Waals surface area contributed by atoms with E-state index >= 15 is 0 Å². The number of methoxy groups -OCH3 is 1. The van der Waals surface area contributed by atoms with Gasteiger partial charge in [0.25, 0.3) is 0 Å². The highest BCUT2D eigenvalue weighted by atomic mass is 19.1. The van der Waals surface area contributed by atoms with Gasteiger partial charge in [0.05, 0.1) is 18.6 Å². The summed E-state index contributed by atoms with van der Waals surface area (Å²) in [5.41, 5.74) is 0.449. The molecule has 116 valence electrons. The van der Waals surface area contributed by atoms with Crippen molar-refractivity contribution in [3.05, 3.63) is 29.6 Å². The number of nitrogens with one attached hydrogen (secondary N) is 2. The molecule has 0 saturated carbocycles. The van der Waals surface area contributed by atoms with Crippen LogP contribution in [0.2, 0.25) is 0 Å². The van der Waals surface area contributed by atoms with Crippen LogP contribution in [0, 0.1) is 11.2 Å². The van der Waals surface area contributed by atoms with Crippen LogP contribution >= 0.6 is 0 Å². The second-order valence-corrected chi connectivity index (χ2v) is 5.93. The molecule has 2 rings (SSSR count). The summed E-state index contributed by atoms with van der Waals surface area (Å²) in [6.07, 6.45) is 1.88. The molecule has 0 bridgehead atoms. The van der Waals surface area contributed by atoms with Crippen molar-refractivity contribution in [1.82, 2.24) is 10.6 Å². The lowest BCUT2D eigenvalue weighted by Crippen LogP contribution is -2.49. The fourth-order valence-electron chi connectivity index (χ4n) is 2.65. The Kier molecular flexibility index (Phi) is 4.83. The zero-order chi connectivity index (χ0) is 15.5. The summed E-state index contributed by atoms with van der Waals surface area (Å²) < 4.78 is 18.4. The summed E-state index contributed by atoms with van der Waals surface area (Å²) in [7, 11) is 1.43. The van der Waals surface area contributed by atoms with Crippen LogP contribution in [-0.4, -0.2) is 26.1 Å². The SMILES string of the molecule is COc1cc([C@@H](C)NC(=O)[C@@]2(C)CCCNC2)ccc1F. The Balaban J connectivity index is 2.06. The predicted octanol–water partition coefficient (Wildman–Crippen LogP) is 2.40. The highest BCUT2D eigenvalue weighted by molar-refractivity contribution is 5.83. The van der Waals surface area contributed by atoms with Crippen LogP contribution < -0.4 is 15.4 Å². The molecule has 1 aromatic carbocycles. The molecule has 0 radical (unpaired) electrons. The number of hydrogen-bond donors (Lipinski definition) is 2. The molecule has 1 aliphatic rings. The van der Waals surface area contributed by atoms with E-state index in [-0.39, 0.29) is 23.1 Å². The topological polar surface area (TPSA) is 50.4 Å². The first-order chi connectivity index (χ1) is 9.96. The molecule has 2 N–H and O–H groups in total. The van der Waals surface area contributed by atoms with E-state index in [0.717, 1.165) is 24.9 Å². The van der Waals surface area contributed by atoms with Gasteiger partial charge in [0.15, 0.2) is 11.6 Å². The molecule has 1 saturated heterocycles. The third-order valence-corrected chi connectivity index (χ3v) is 4.17. The third-order valence-electron chi connectivity index (χ3n) is 4.17. The normalized spacial score (nSPS) is 23.4. The van der Waals surface area contributed by atoms with Crippen LogP contribution in [0.5, 0.6) is 5.75 Å². The maximum absolute atomic E-state index is 13.4. The summed E-state index contributed by atoms with van der Waals surface area (Å²) in [4.78, 5) is 12.5. The summed E-state index contributed by atoms with van der Waals surface area (Å²) in [5, 5.41) is 6.28. The largest absolute Gasteiger partial charge is 0.494 e. The maximum Gasteiger partial charge on any atom is 0.227 e. The highest BCUT2D eigenvalue weighted by Crippen LogP contribution is 2.28. The van der Waals surface area contributed by atoms with Crippen molar-refractivity contribution >= 4 is 5.91 Å². The second-order valence-electron chi connectivity index (χ2n) is 5.93. The van der Waals surface area contributed by atoms with Gasteiger partial charge in [0.1, 0.15) is 0 Å². The molecule has 5 heteroatoms. The van der Waals surface area contributed by atoms with E-state index in [4.69, 9.17) is 4.74 Å². The fourth-order valence-corrected chi connectivity index (χ4v) is 2.65. The van der Waals surface area contributed by atoms with Gasteiger partial charge in [-0.25, -0.2) is 4.39 Å². The number of carbonyl (C=O) groups excluding carboxylic acids is 1. The minimum Gasteiger partial charge on any atom is -0.494 e. The van der Waals surface area contributed by atoms with Crippen molar-refractivity contribution in [2.45, 2.75) is 32.7 Å². The van der Waals surface area contributed by atoms with Gasteiger partial charge in [-0.15, -0.1) is 0 Å². The Labute approximate surface area is 125 Å². The van der Waals surface area contributed by atoms with Crippen LogP contribution in [0.3, 0.4) is 0 Å². The number of piperidine rings is 1. The van der Waals surface area contributed by atoms with Gasteiger partial charge in [0, 0.05) is 6.54 Å². The molecule has 0 spiro atoms. The van der Waals surface area contributed by atoms with Crippen molar-refractivity contribution in [3.8, 4) is 5.75 Å². The number of hydrogen-bond acceptors (Lipinski definition) is 3. The summed E-state index contributed by atoms with van der Waals surface area (Å²) in [6, 6.07) is 4.47. The molecular weight excluding hydrogens is 271 g/mol. The highest BCUT2D eigenvalue weighted by Gasteiger charge is 2.35. The quantitative estimate of drug-likeness (QED) is 0.896. The van der Waals surface area contributed by atoms with Gasteiger partial charge in [-0.05, 0) is 50.9 Å². The van der Waals surface area contributed by atoms with Crippen molar-refractivity contribution in [2.24, 2.45) is 5.41 Å². The van der Waals surface area contributed by atoms with Gasteiger partial charge in [-0.2, -0.15) is 0 Å². The van der Waals surface area contributed by atoms with E-state index in [9.17, 15) is 9.18 Å². The molecule has 0 aromatic heterocycles. The Morgan fingerprint density at radius 3 is 2.90 bits per heavy atom. The van der Waals surface area contributed by atoms with E-state index in [1.807, 2.05) is 13.8 Å². The number of halogens is 1. The van der Waals surface area contributed by atoms with E-state index in [2.05, 4.69) is 10.6 Å². The minimum atomic E-state index is -0.400. The Morgan fingerprint density at radius 2 is 2.29 bits per heavy atom. The average Bonchev–Trinajstić information content (AvgIpc) is 2.48. The van der Waals surface area contributed by atoms with Crippen LogP contribution in [-0.2, 0) is 4.79 Å². The number of rotatable bonds is 4. The molecule has 4 nitrogen and oxygen atoms in total. The molecule has 0 aliphatic carbocycles. The molecule has 1 aliphatic heterocycles. The van der Waals surface area contributed by atoms with E-state index in [1.165, 1.54) is 13.2 Å². The van der Waals surface area contributed by atoms with Crippen LogP contribution in [0.15, 0.2) is 18.2 Å². The smallest absolute Gasteiger partial charge is 0.227 e. The van der Waals surface area contributed by atoms with Crippen LogP contribution in [0.25, 0.3) is 0 Å². The number of amides is 1. The average molecular weight is 294 g/mol. The zero-order valence-electron chi connectivity index (χ0n) is 12.8. The first kappa shape index (κ1) is 15.8. The molecule has 1 aromatic rings. The van der Waals surface area contributed by atoms with Gasteiger partial charge in [-0.3, -0.25) is 4.79 Å². The summed E-state index contributed by atoms with van der Waals surface area (Å²) in [5.74, 6) is -0.173. The summed E-state index contributed by atoms with van der Waals surface area (Å²) in [6.45, 7) is 5.53. The molecule has 0 unspecified atom stereocenters. The van der Waals surface area contributed by atoms with Crippen LogP contribution in [0.4, 0.5) is 4.39 Å². The van der Waals surface area contributed by atoms with Crippen molar-refractivity contribution in [3.63, 3.8) is 0 Å². The van der Waals surface area contributed by atoms with Crippen LogP contribution in [0.1, 0.15) is 38.3 Å². The van der Waals surface area contributed by atoms with Gasteiger partial charge >= 0.3 is 0 Å². The van der Waals surface area contributed by atoms with E-state index in [1.54, 1.807) is 12.1 Å². The Hall–Kier alpha value is -1.62. The molecule has 1 amide bonds. The second kappa shape index (κ2) is 6.43. The number of carbonyl (C=O) groups is 1. The first-order valence-electron chi connectivity index (χ1n) is 7.31. The first-order valence-corrected chi connectivity index (χ1v) is 7.31. The fraction of sp³-hybridized carbons (Fsp3) is 0.562. The van der Waals surface area contributed by atoms with E-state index < -0.39 is 5.82 Å². The lowest BCUT2D eigenvalue weighted by Gasteiger charge is -2.33. The Bertz CT molecular complexity index is 513. The van der Waals surface area contributed by atoms with Crippen molar-refractivity contribution < 1.29 is 13.9 Å².